The van der Waals surface area contributed by atoms with Crippen LogP contribution in [-0.2, 0) is 6.32 Å². The smallest absolute Gasteiger partial charge is 0.449 e. The minimum Gasteiger partial charge on any atom is -0.449 e. The number of benzene rings is 1. The summed E-state index contributed by atoms with van der Waals surface area (Å²) in [5.74, 6) is -0.817. The highest BCUT2D eigenvalue weighted by Crippen LogP contribution is 2.21. The van der Waals surface area contributed by atoms with E-state index in [1.165, 1.54) is 6.07 Å². The maximum atomic E-state index is 12.8. The van der Waals surface area contributed by atoms with E-state index in [4.69, 9.17) is 0 Å². The first kappa shape index (κ1) is 10.6. The van der Waals surface area contributed by atoms with Crippen molar-refractivity contribution in [3.63, 3.8) is 0 Å². The van der Waals surface area contributed by atoms with Gasteiger partial charge in [0.15, 0.2) is 0 Å². The Bertz CT molecular complexity index is 310. The molecule has 0 atom stereocenters. The van der Waals surface area contributed by atoms with Crippen molar-refractivity contribution in [2.24, 2.45) is 0 Å². The molecule has 0 radical (unpaired) electrons. The maximum Gasteiger partial charge on any atom is 0.482 e. The molecule has 0 aromatic heterocycles. The van der Waals surface area contributed by atoms with E-state index in [1.807, 2.05) is 0 Å². The minimum atomic E-state index is -4.98. The SMILES string of the molecule is Fc1ccc(Br)cc1C[B-](F)(F)F. The molecular formula is C7H5BBrF4-. The lowest BCUT2D eigenvalue weighted by atomic mass is 9.82. The van der Waals surface area contributed by atoms with Crippen LogP contribution in [-0.4, -0.2) is 6.98 Å². The van der Waals surface area contributed by atoms with Crippen LogP contribution in [0, 0.1) is 5.82 Å². The third-order valence-electron chi connectivity index (χ3n) is 1.46. The number of halogens is 5. The average Bonchev–Trinajstić information content (AvgIpc) is 1.94. The third-order valence-corrected chi connectivity index (χ3v) is 1.95. The highest BCUT2D eigenvalue weighted by atomic mass is 79.9. The maximum absolute atomic E-state index is 12.8. The highest BCUT2D eigenvalue weighted by molar-refractivity contribution is 9.10. The van der Waals surface area contributed by atoms with E-state index in [0.717, 1.165) is 12.1 Å². The van der Waals surface area contributed by atoms with Gasteiger partial charge in [-0.2, -0.15) is 0 Å². The normalized spacial score (nSPS) is 11.8. The van der Waals surface area contributed by atoms with Crippen LogP contribution in [0.1, 0.15) is 5.56 Å². The Morgan fingerprint density at radius 2 is 1.85 bits per heavy atom. The summed E-state index contributed by atoms with van der Waals surface area (Å²) in [5.41, 5.74) is -0.318. The molecule has 0 aliphatic rings. The minimum absolute atomic E-state index is 0.318. The van der Waals surface area contributed by atoms with Gasteiger partial charge in [0.25, 0.3) is 0 Å². The molecule has 72 valence electrons. The fraction of sp³-hybridized carbons (Fsp3) is 0.143. The summed E-state index contributed by atoms with van der Waals surface area (Å²) in [7, 11) is 0. The van der Waals surface area contributed by atoms with Crippen LogP contribution in [0.2, 0.25) is 0 Å². The second-order valence-corrected chi connectivity index (χ2v) is 3.57. The Morgan fingerprint density at radius 3 is 2.38 bits per heavy atom. The fourth-order valence-electron chi connectivity index (χ4n) is 0.949. The Balaban J connectivity index is 2.94. The molecule has 0 saturated heterocycles. The van der Waals surface area contributed by atoms with Gasteiger partial charge in [-0.3, -0.25) is 0 Å². The van der Waals surface area contributed by atoms with Crippen molar-refractivity contribution in [2.45, 2.75) is 6.32 Å². The van der Waals surface area contributed by atoms with Crippen LogP contribution >= 0.6 is 15.9 Å². The Morgan fingerprint density at radius 1 is 1.23 bits per heavy atom. The first-order valence-electron chi connectivity index (χ1n) is 3.53. The van der Waals surface area contributed by atoms with Crippen LogP contribution in [0.25, 0.3) is 0 Å². The first-order chi connectivity index (χ1) is 5.88. The summed E-state index contributed by atoms with van der Waals surface area (Å²) < 4.78 is 49.0. The summed E-state index contributed by atoms with van der Waals surface area (Å²) in [5, 5.41) is 0. The van der Waals surface area contributed by atoms with Crippen LogP contribution < -0.4 is 0 Å². The second kappa shape index (κ2) is 3.70. The summed E-state index contributed by atoms with van der Waals surface area (Å²) >= 11 is 2.98. The molecule has 13 heavy (non-hydrogen) atoms. The summed E-state index contributed by atoms with van der Waals surface area (Å²) in [6.07, 6.45) is -1.18. The average molecular weight is 256 g/mol. The lowest BCUT2D eigenvalue weighted by Gasteiger charge is -2.13. The molecule has 0 fully saturated rings. The molecule has 1 aromatic rings. The van der Waals surface area contributed by atoms with Crippen LogP contribution in [0.3, 0.4) is 0 Å². The molecule has 0 heterocycles. The van der Waals surface area contributed by atoms with Crippen LogP contribution in [0.5, 0.6) is 0 Å². The predicted molar refractivity (Wildman–Crippen MR) is 46.9 cm³/mol. The van der Waals surface area contributed by atoms with Gasteiger partial charge in [-0.05, 0) is 23.8 Å². The zero-order valence-electron chi connectivity index (χ0n) is 6.41. The van der Waals surface area contributed by atoms with Gasteiger partial charge in [-0.15, -0.1) is 0 Å². The molecule has 0 amide bonds. The van der Waals surface area contributed by atoms with Gasteiger partial charge >= 0.3 is 6.98 Å². The van der Waals surface area contributed by atoms with E-state index in [1.54, 1.807) is 0 Å². The van der Waals surface area contributed by atoms with Gasteiger partial charge < -0.3 is 12.9 Å². The van der Waals surface area contributed by atoms with E-state index in [9.17, 15) is 17.3 Å². The zero-order valence-corrected chi connectivity index (χ0v) is 7.99. The number of rotatable bonds is 2. The molecule has 1 aromatic carbocycles. The third kappa shape index (κ3) is 3.38. The van der Waals surface area contributed by atoms with Crippen molar-refractivity contribution in [1.29, 1.82) is 0 Å². The topological polar surface area (TPSA) is 0 Å². The van der Waals surface area contributed by atoms with Gasteiger partial charge in [0.1, 0.15) is 5.82 Å². The monoisotopic (exact) mass is 255 g/mol. The second-order valence-electron chi connectivity index (χ2n) is 2.65. The van der Waals surface area contributed by atoms with E-state index >= 15 is 0 Å². The van der Waals surface area contributed by atoms with Crippen molar-refractivity contribution in [3.8, 4) is 0 Å². The van der Waals surface area contributed by atoms with Crippen molar-refractivity contribution >= 4 is 22.9 Å². The summed E-state index contributed by atoms with van der Waals surface area (Å²) in [6.45, 7) is -4.98. The van der Waals surface area contributed by atoms with E-state index in [-0.39, 0.29) is 5.56 Å². The molecule has 0 saturated carbocycles. The number of hydrogen-bond donors (Lipinski definition) is 0. The first-order valence-corrected chi connectivity index (χ1v) is 4.33. The predicted octanol–water partition coefficient (Wildman–Crippen LogP) is 3.52. The standard InChI is InChI=1S/C7H5BBrF4/c9-6-1-2-7(10)5(3-6)4-8(11,12)13/h1-3H,4H2/q-1. The largest absolute Gasteiger partial charge is 0.482 e. The molecule has 0 aliphatic heterocycles. The van der Waals surface area contributed by atoms with Gasteiger partial charge in [0, 0.05) is 4.47 Å². The van der Waals surface area contributed by atoms with Crippen molar-refractivity contribution in [1.82, 2.24) is 0 Å². The molecule has 1 rings (SSSR count). The summed E-state index contributed by atoms with van der Waals surface area (Å²) in [6, 6.07) is 3.52. The lowest BCUT2D eigenvalue weighted by Crippen LogP contribution is -2.20. The molecule has 0 N–H and O–H groups in total. The van der Waals surface area contributed by atoms with Crippen molar-refractivity contribution < 1.29 is 17.3 Å². The molecule has 0 unspecified atom stereocenters. The van der Waals surface area contributed by atoms with E-state index in [0.29, 0.717) is 4.47 Å². The highest BCUT2D eigenvalue weighted by Gasteiger charge is 2.24. The van der Waals surface area contributed by atoms with Gasteiger partial charge in [-0.1, -0.05) is 22.3 Å². The van der Waals surface area contributed by atoms with Crippen LogP contribution in [0.4, 0.5) is 17.3 Å². The molecule has 6 heteroatoms. The molecule has 0 bridgehead atoms. The number of hydrogen-bond acceptors (Lipinski definition) is 0. The van der Waals surface area contributed by atoms with Crippen molar-refractivity contribution in [2.75, 3.05) is 0 Å². The Kier molecular flexibility index (Phi) is 3.00. The molecule has 0 spiro atoms. The molecule has 0 nitrogen and oxygen atoms in total. The molecule has 0 aliphatic carbocycles. The summed E-state index contributed by atoms with van der Waals surface area (Å²) in [4.78, 5) is 0. The van der Waals surface area contributed by atoms with Crippen molar-refractivity contribution in [3.05, 3.63) is 34.1 Å². The van der Waals surface area contributed by atoms with Crippen LogP contribution in [0.15, 0.2) is 22.7 Å². The van der Waals surface area contributed by atoms with Gasteiger partial charge in [-0.25, -0.2) is 4.39 Å². The van der Waals surface area contributed by atoms with Gasteiger partial charge in [0.2, 0.25) is 0 Å². The Hall–Kier alpha value is -0.515. The Labute approximate surface area is 81.1 Å². The zero-order chi connectivity index (χ0) is 10.1. The fourth-order valence-corrected chi connectivity index (χ4v) is 1.36. The van der Waals surface area contributed by atoms with E-state index < -0.39 is 19.1 Å². The lowest BCUT2D eigenvalue weighted by molar-refractivity contribution is 0.464. The van der Waals surface area contributed by atoms with E-state index in [2.05, 4.69) is 15.9 Å². The van der Waals surface area contributed by atoms with Gasteiger partial charge in [0.05, 0.1) is 0 Å². The quantitative estimate of drug-likeness (QED) is 0.560. The molecular weight excluding hydrogens is 251 g/mol.